The lowest BCUT2D eigenvalue weighted by atomic mass is 9.90. The van der Waals surface area contributed by atoms with E-state index in [4.69, 9.17) is 9.47 Å². The number of ether oxygens (including phenoxy) is 2. The Morgan fingerprint density at radius 1 is 1.15 bits per heavy atom. The minimum Gasteiger partial charge on any atom is -0.348 e. The van der Waals surface area contributed by atoms with Gasteiger partial charge in [-0.05, 0) is 36.3 Å². The van der Waals surface area contributed by atoms with Gasteiger partial charge in [-0.2, -0.15) is 0 Å². The van der Waals surface area contributed by atoms with E-state index in [0.717, 1.165) is 37.7 Å². The first kappa shape index (κ1) is 19.2. The van der Waals surface area contributed by atoms with Gasteiger partial charge in [0.2, 0.25) is 0 Å². The van der Waals surface area contributed by atoms with Gasteiger partial charge < -0.3 is 20.1 Å². The van der Waals surface area contributed by atoms with Gasteiger partial charge in [-0.3, -0.25) is 0 Å². The van der Waals surface area contributed by atoms with Crippen molar-refractivity contribution >= 4 is 6.03 Å². The second kappa shape index (κ2) is 8.40. The van der Waals surface area contributed by atoms with Crippen molar-refractivity contribution in [2.75, 3.05) is 13.2 Å². The Bertz CT molecular complexity index is 584. The van der Waals surface area contributed by atoms with Crippen LogP contribution < -0.4 is 10.6 Å². The summed E-state index contributed by atoms with van der Waals surface area (Å²) in [6.45, 7) is 7.79. The first-order valence-corrected chi connectivity index (χ1v) is 9.95. The van der Waals surface area contributed by atoms with Gasteiger partial charge in [-0.25, -0.2) is 4.79 Å². The second-order valence-corrected chi connectivity index (χ2v) is 7.82. The SMILES string of the molecule is CCc1ccc(C(NC(=O)NC2CCC3(CC2)OCCO3)C(C)C)cc1. The number of rotatable bonds is 5. The Morgan fingerprint density at radius 3 is 2.31 bits per heavy atom. The molecule has 1 aliphatic heterocycles. The number of carbonyl (C=O) groups is 1. The minimum atomic E-state index is -0.379. The fourth-order valence-corrected chi connectivity index (χ4v) is 3.95. The number of carbonyl (C=O) groups excluding carboxylic acids is 1. The van der Waals surface area contributed by atoms with Gasteiger partial charge in [-0.1, -0.05) is 45.0 Å². The molecule has 1 aliphatic carbocycles. The van der Waals surface area contributed by atoms with Gasteiger partial charge in [0.15, 0.2) is 5.79 Å². The smallest absolute Gasteiger partial charge is 0.315 e. The standard InChI is InChI=1S/C21H32N2O3/c1-4-16-5-7-17(8-6-16)19(15(2)3)23-20(24)22-18-9-11-21(12-10-18)25-13-14-26-21/h5-8,15,18-19H,4,9-14H2,1-3H3,(H2,22,23,24). The van der Waals surface area contributed by atoms with Crippen molar-refractivity contribution < 1.29 is 14.3 Å². The highest BCUT2D eigenvalue weighted by Crippen LogP contribution is 2.35. The third kappa shape index (κ3) is 4.57. The van der Waals surface area contributed by atoms with Crippen LogP contribution in [-0.2, 0) is 15.9 Å². The van der Waals surface area contributed by atoms with E-state index in [0.29, 0.717) is 19.1 Å². The van der Waals surface area contributed by atoms with Crippen LogP contribution in [0.25, 0.3) is 0 Å². The van der Waals surface area contributed by atoms with Crippen LogP contribution in [0, 0.1) is 5.92 Å². The molecule has 1 saturated heterocycles. The molecule has 1 heterocycles. The van der Waals surface area contributed by atoms with E-state index < -0.39 is 0 Å². The summed E-state index contributed by atoms with van der Waals surface area (Å²) in [6, 6.07) is 8.66. The van der Waals surface area contributed by atoms with Crippen molar-refractivity contribution in [2.45, 2.75) is 70.7 Å². The molecule has 2 fully saturated rings. The zero-order valence-electron chi connectivity index (χ0n) is 16.2. The Labute approximate surface area is 156 Å². The normalized spacial score (nSPS) is 21.1. The van der Waals surface area contributed by atoms with Crippen molar-refractivity contribution in [1.82, 2.24) is 10.6 Å². The first-order chi connectivity index (χ1) is 12.5. The molecular formula is C21H32N2O3. The molecule has 1 aromatic rings. The maximum absolute atomic E-state index is 12.6. The van der Waals surface area contributed by atoms with Crippen molar-refractivity contribution in [3.8, 4) is 0 Å². The van der Waals surface area contributed by atoms with Crippen LogP contribution in [0.1, 0.15) is 63.6 Å². The average molecular weight is 360 g/mol. The second-order valence-electron chi connectivity index (χ2n) is 7.82. The topological polar surface area (TPSA) is 59.6 Å². The number of amides is 2. The number of benzene rings is 1. The Hall–Kier alpha value is -1.59. The van der Waals surface area contributed by atoms with Crippen LogP contribution in [0.4, 0.5) is 4.79 Å². The summed E-state index contributed by atoms with van der Waals surface area (Å²) in [5.74, 6) is -0.0565. The minimum absolute atomic E-state index is 0.0114. The van der Waals surface area contributed by atoms with Crippen molar-refractivity contribution in [1.29, 1.82) is 0 Å². The van der Waals surface area contributed by atoms with Crippen LogP contribution in [0.15, 0.2) is 24.3 Å². The van der Waals surface area contributed by atoms with Crippen LogP contribution in [0.3, 0.4) is 0 Å². The highest BCUT2D eigenvalue weighted by atomic mass is 16.7. The molecule has 26 heavy (non-hydrogen) atoms. The summed E-state index contributed by atoms with van der Waals surface area (Å²) in [5, 5.41) is 6.31. The molecule has 3 rings (SSSR count). The predicted octanol–water partition coefficient (Wildman–Crippen LogP) is 3.93. The lowest BCUT2D eigenvalue weighted by molar-refractivity contribution is -0.179. The zero-order valence-corrected chi connectivity index (χ0v) is 16.2. The Kier molecular flexibility index (Phi) is 6.20. The van der Waals surface area contributed by atoms with Crippen LogP contribution in [-0.4, -0.2) is 31.1 Å². The molecule has 0 bridgehead atoms. The molecule has 5 heteroatoms. The first-order valence-electron chi connectivity index (χ1n) is 9.95. The van der Waals surface area contributed by atoms with Gasteiger partial charge in [0.1, 0.15) is 0 Å². The molecule has 1 atom stereocenters. The molecule has 1 spiro atoms. The highest BCUT2D eigenvalue weighted by molar-refractivity contribution is 5.74. The number of nitrogens with one attached hydrogen (secondary N) is 2. The predicted molar refractivity (Wildman–Crippen MR) is 102 cm³/mol. The zero-order chi connectivity index (χ0) is 18.6. The average Bonchev–Trinajstić information content (AvgIpc) is 3.10. The molecule has 2 aliphatic rings. The summed E-state index contributed by atoms with van der Waals surface area (Å²) in [6.07, 6.45) is 4.52. The largest absolute Gasteiger partial charge is 0.348 e. The van der Waals surface area contributed by atoms with E-state index in [1.54, 1.807) is 0 Å². The molecule has 5 nitrogen and oxygen atoms in total. The van der Waals surface area contributed by atoms with Crippen molar-refractivity contribution in [2.24, 2.45) is 5.92 Å². The monoisotopic (exact) mass is 360 g/mol. The molecule has 1 unspecified atom stereocenters. The Balaban J connectivity index is 1.53. The molecular weight excluding hydrogens is 328 g/mol. The maximum Gasteiger partial charge on any atom is 0.315 e. The van der Waals surface area contributed by atoms with E-state index in [-0.39, 0.29) is 23.9 Å². The van der Waals surface area contributed by atoms with Gasteiger partial charge in [0, 0.05) is 18.9 Å². The third-order valence-electron chi connectivity index (χ3n) is 5.60. The van der Waals surface area contributed by atoms with E-state index in [2.05, 4.69) is 55.7 Å². The number of aryl methyl sites for hydroxylation is 1. The third-order valence-corrected chi connectivity index (χ3v) is 5.60. The van der Waals surface area contributed by atoms with Gasteiger partial charge >= 0.3 is 6.03 Å². The molecule has 0 aromatic heterocycles. The van der Waals surface area contributed by atoms with Gasteiger partial charge in [0.25, 0.3) is 0 Å². The molecule has 2 N–H and O–H groups in total. The molecule has 1 aromatic carbocycles. The molecule has 144 valence electrons. The summed E-state index contributed by atoms with van der Waals surface area (Å²) >= 11 is 0. The summed E-state index contributed by atoms with van der Waals surface area (Å²) in [7, 11) is 0. The number of hydrogen-bond donors (Lipinski definition) is 2. The molecule has 2 amide bonds. The van der Waals surface area contributed by atoms with Gasteiger partial charge in [0.05, 0.1) is 19.3 Å². The lowest BCUT2D eigenvalue weighted by Crippen LogP contribution is -2.48. The van der Waals surface area contributed by atoms with Crippen molar-refractivity contribution in [3.05, 3.63) is 35.4 Å². The Morgan fingerprint density at radius 2 is 1.77 bits per heavy atom. The summed E-state index contributed by atoms with van der Waals surface area (Å²) in [5.41, 5.74) is 2.47. The van der Waals surface area contributed by atoms with E-state index >= 15 is 0 Å². The van der Waals surface area contributed by atoms with E-state index in [1.165, 1.54) is 5.56 Å². The van der Waals surface area contributed by atoms with E-state index in [9.17, 15) is 4.79 Å². The van der Waals surface area contributed by atoms with Gasteiger partial charge in [-0.15, -0.1) is 0 Å². The number of urea groups is 1. The van der Waals surface area contributed by atoms with Crippen LogP contribution in [0.5, 0.6) is 0 Å². The van der Waals surface area contributed by atoms with Crippen LogP contribution >= 0.6 is 0 Å². The van der Waals surface area contributed by atoms with E-state index in [1.807, 2.05) is 0 Å². The highest BCUT2D eigenvalue weighted by Gasteiger charge is 2.40. The van der Waals surface area contributed by atoms with Crippen molar-refractivity contribution in [3.63, 3.8) is 0 Å². The quantitative estimate of drug-likeness (QED) is 0.836. The fourth-order valence-electron chi connectivity index (χ4n) is 3.95. The maximum atomic E-state index is 12.6. The molecule has 0 radical (unpaired) electrons. The summed E-state index contributed by atoms with van der Waals surface area (Å²) < 4.78 is 11.5. The molecule has 1 saturated carbocycles. The summed E-state index contributed by atoms with van der Waals surface area (Å²) in [4.78, 5) is 12.6. The number of hydrogen-bond acceptors (Lipinski definition) is 3. The fraction of sp³-hybridized carbons (Fsp3) is 0.667. The lowest BCUT2D eigenvalue weighted by Gasteiger charge is -2.36. The van der Waals surface area contributed by atoms with Crippen LogP contribution in [0.2, 0.25) is 0 Å².